The Morgan fingerprint density at radius 1 is 1.33 bits per heavy atom. The van der Waals surface area contributed by atoms with Crippen LogP contribution in [0.3, 0.4) is 0 Å². The van der Waals surface area contributed by atoms with Gasteiger partial charge in [0.15, 0.2) is 6.61 Å². The molecule has 0 aliphatic heterocycles. The van der Waals surface area contributed by atoms with Crippen molar-refractivity contribution in [2.45, 2.75) is 24.0 Å². The van der Waals surface area contributed by atoms with E-state index in [-0.39, 0.29) is 10.6 Å². The van der Waals surface area contributed by atoms with Crippen LogP contribution in [0.15, 0.2) is 29.2 Å². The minimum Gasteiger partial charge on any atom is -0.484 e. The molecule has 0 aromatic heterocycles. The molecule has 1 aromatic rings. The Morgan fingerprint density at radius 3 is 2.29 bits per heavy atom. The number of halogens is 3. The van der Waals surface area contributed by atoms with Crippen LogP contribution in [-0.2, 0) is 14.8 Å². The number of carboxylic acids is 1. The molecule has 118 valence electrons. The highest BCUT2D eigenvalue weighted by Crippen LogP contribution is 2.20. The van der Waals surface area contributed by atoms with Crippen molar-refractivity contribution in [1.82, 2.24) is 4.72 Å². The van der Waals surface area contributed by atoms with Gasteiger partial charge in [-0.2, -0.15) is 17.9 Å². The van der Waals surface area contributed by atoms with Gasteiger partial charge in [0.2, 0.25) is 10.0 Å². The van der Waals surface area contributed by atoms with E-state index in [0.717, 1.165) is 31.2 Å². The van der Waals surface area contributed by atoms with Gasteiger partial charge in [-0.3, -0.25) is 4.79 Å². The van der Waals surface area contributed by atoms with Gasteiger partial charge >= 0.3 is 12.1 Å². The number of aliphatic carboxylic acids is 1. The fourth-order valence-electron chi connectivity index (χ4n) is 1.23. The number of ether oxygens (including phenoxy) is 1. The van der Waals surface area contributed by atoms with Crippen LogP contribution >= 0.6 is 0 Å². The highest BCUT2D eigenvalue weighted by Gasteiger charge is 2.28. The van der Waals surface area contributed by atoms with Gasteiger partial charge in [-0.25, -0.2) is 8.42 Å². The molecule has 0 saturated carbocycles. The molecule has 1 rings (SSSR count). The predicted molar refractivity (Wildman–Crippen MR) is 65.4 cm³/mol. The second-order valence-electron chi connectivity index (χ2n) is 4.06. The Kier molecular flexibility index (Phi) is 5.18. The van der Waals surface area contributed by atoms with Gasteiger partial charge in [0, 0.05) is 0 Å². The van der Waals surface area contributed by atoms with Crippen molar-refractivity contribution in [3.63, 3.8) is 0 Å². The molecule has 0 unspecified atom stereocenters. The van der Waals surface area contributed by atoms with Gasteiger partial charge < -0.3 is 9.84 Å². The van der Waals surface area contributed by atoms with Crippen LogP contribution in [0, 0.1) is 0 Å². The lowest BCUT2D eigenvalue weighted by Crippen LogP contribution is -2.38. The summed E-state index contributed by atoms with van der Waals surface area (Å²) in [6.07, 6.45) is -4.50. The molecular formula is C11H12F3NO5S. The summed E-state index contributed by atoms with van der Waals surface area (Å²) < 4.78 is 65.7. The van der Waals surface area contributed by atoms with Crippen LogP contribution in [-0.4, -0.2) is 38.3 Å². The van der Waals surface area contributed by atoms with E-state index in [1.165, 1.54) is 0 Å². The van der Waals surface area contributed by atoms with Crippen molar-refractivity contribution < 1.29 is 36.2 Å². The number of sulfonamides is 1. The minimum atomic E-state index is -4.50. The van der Waals surface area contributed by atoms with Gasteiger partial charge in [0.25, 0.3) is 0 Å². The smallest absolute Gasteiger partial charge is 0.422 e. The summed E-state index contributed by atoms with van der Waals surface area (Å²) in [6.45, 7) is -0.353. The van der Waals surface area contributed by atoms with E-state index < -0.39 is 34.8 Å². The molecule has 0 spiro atoms. The maximum atomic E-state index is 11.9. The topological polar surface area (TPSA) is 92.7 Å². The van der Waals surface area contributed by atoms with E-state index in [1.54, 1.807) is 0 Å². The molecule has 0 bridgehead atoms. The first-order valence-electron chi connectivity index (χ1n) is 5.56. The molecule has 21 heavy (non-hydrogen) atoms. The number of rotatable bonds is 6. The number of carbonyl (C=O) groups is 1. The van der Waals surface area contributed by atoms with E-state index in [0.29, 0.717) is 0 Å². The summed E-state index contributed by atoms with van der Waals surface area (Å²) in [5.74, 6) is -1.51. The normalized spacial score (nSPS) is 13.7. The van der Waals surface area contributed by atoms with Crippen LogP contribution in [0.2, 0.25) is 0 Å². The van der Waals surface area contributed by atoms with Crippen LogP contribution in [0.1, 0.15) is 6.92 Å². The van der Waals surface area contributed by atoms with Crippen molar-refractivity contribution in [2.75, 3.05) is 6.61 Å². The zero-order chi connectivity index (χ0) is 16.3. The van der Waals surface area contributed by atoms with Gasteiger partial charge in [-0.15, -0.1) is 0 Å². The zero-order valence-electron chi connectivity index (χ0n) is 10.7. The quantitative estimate of drug-likeness (QED) is 0.823. The fraction of sp³-hybridized carbons (Fsp3) is 0.364. The van der Waals surface area contributed by atoms with E-state index >= 15 is 0 Å². The Labute approximate surface area is 118 Å². The zero-order valence-corrected chi connectivity index (χ0v) is 11.5. The number of carboxylic acid groups (broad SMARTS) is 1. The van der Waals surface area contributed by atoms with Crippen LogP contribution in [0.5, 0.6) is 5.75 Å². The van der Waals surface area contributed by atoms with E-state index in [4.69, 9.17) is 5.11 Å². The fourth-order valence-corrected chi connectivity index (χ4v) is 2.43. The molecule has 1 atom stereocenters. The van der Waals surface area contributed by atoms with Gasteiger partial charge in [-0.1, -0.05) is 0 Å². The van der Waals surface area contributed by atoms with Crippen molar-refractivity contribution in [3.8, 4) is 5.75 Å². The molecule has 0 heterocycles. The van der Waals surface area contributed by atoms with Crippen molar-refractivity contribution >= 4 is 16.0 Å². The monoisotopic (exact) mass is 327 g/mol. The second-order valence-corrected chi connectivity index (χ2v) is 5.77. The third-order valence-corrected chi connectivity index (χ3v) is 3.80. The van der Waals surface area contributed by atoms with Gasteiger partial charge in [-0.05, 0) is 31.2 Å². The third kappa shape index (κ3) is 5.60. The molecule has 2 N–H and O–H groups in total. The molecule has 0 radical (unpaired) electrons. The first-order chi connectivity index (χ1) is 9.51. The third-order valence-electron chi connectivity index (χ3n) is 2.24. The molecule has 0 fully saturated rings. The highest BCUT2D eigenvalue weighted by molar-refractivity contribution is 7.89. The maximum absolute atomic E-state index is 11.9. The molecule has 0 amide bonds. The molecule has 0 saturated heterocycles. The number of benzene rings is 1. The molecule has 6 nitrogen and oxygen atoms in total. The number of alkyl halides is 3. The lowest BCUT2D eigenvalue weighted by atomic mass is 10.3. The number of hydrogen-bond donors (Lipinski definition) is 2. The van der Waals surface area contributed by atoms with Crippen molar-refractivity contribution in [1.29, 1.82) is 0 Å². The summed E-state index contributed by atoms with van der Waals surface area (Å²) in [6, 6.07) is 2.79. The average molecular weight is 327 g/mol. The molecule has 0 aliphatic rings. The predicted octanol–water partition coefficient (Wildman–Crippen LogP) is 1.38. The van der Waals surface area contributed by atoms with E-state index in [9.17, 15) is 26.4 Å². The first kappa shape index (κ1) is 17.2. The number of hydrogen-bond acceptors (Lipinski definition) is 4. The second kappa shape index (κ2) is 6.31. The maximum Gasteiger partial charge on any atom is 0.422 e. The summed E-state index contributed by atoms with van der Waals surface area (Å²) in [4.78, 5) is 10.3. The summed E-state index contributed by atoms with van der Waals surface area (Å²) in [5, 5.41) is 8.63. The van der Waals surface area contributed by atoms with Crippen LogP contribution < -0.4 is 9.46 Å². The van der Waals surface area contributed by atoms with Crippen molar-refractivity contribution in [3.05, 3.63) is 24.3 Å². The van der Waals surface area contributed by atoms with Gasteiger partial charge in [0.1, 0.15) is 11.8 Å². The summed E-state index contributed by atoms with van der Waals surface area (Å²) in [7, 11) is -4.07. The minimum absolute atomic E-state index is 0.155. The largest absolute Gasteiger partial charge is 0.484 e. The Bertz CT molecular complexity index is 597. The lowest BCUT2D eigenvalue weighted by molar-refractivity contribution is -0.153. The Hall–Kier alpha value is -1.81. The van der Waals surface area contributed by atoms with Gasteiger partial charge in [0.05, 0.1) is 4.90 Å². The SMILES string of the molecule is C[C@@H](NS(=O)(=O)c1ccc(OCC(F)(F)F)cc1)C(=O)O. The molecule has 0 aliphatic carbocycles. The molecule has 10 heteroatoms. The van der Waals surface area contributed by atoms with Crippen molar-refractivity contribution in [2.24, 2.45) is 0 Å². The first-order valence-corrected chi connectivity index (χ1v) is 7.04. The van der Waals surface area contributed by atoms with E-state index in [2.05, 4.69) is 4.74 Å². The van der Waals surface area contributed by atoms with E-state index in [1.807, 2.05) is 4.72 Å². The number of nitrogens with one attached hydrogen (secondary N) is 1. The Morgan fingerprint density at radius 2 is 1.86 bits per heavy atom. The Balaban J connectivity index is 2.79. The molecule has 1 aromatic carbocycles. The average Bonchev–Trinajstić information content (AvgIpc) is 2.35. The molecular weight excluding hydrogens is 315 g/mol. The summed E-state index contributed by atoms with van der Waals surface area (Å²) in [5.41, 5.74) is 0. The van der Waals surface area contributed by atoms with Crippen LogP contribution in [0.25, 0.3) is 0 Å². The standard InChI is InChI=1S/C11H12F3NO5S/c1-7(10(16)17)15-21(18,19)9-4-2-8(3-5-9)20-6-11(12,13)14/h2-5,7,15H,6H2,1H3,(H,16,17)/t7-/m1/s1. The lowest BCUT2D eigenvalue weighted by Gasteiger charge is -2.12. The summed E-state index contributed by atoms with van der Waals surface area (Å²) >= 11 is 0. The van der Waals surface area contributed by atoms with Crippen LogP contribution in [0.4, 0.5) is 13.2 Å². The highest BCUT2D eigenvalue weighted by atomic mass is 32.2.